The number of fused-ring (bicyclic) bond motifs is 1. The maximum atomic E-state index is 14.8. The standard InChI is InChI=1S/C25H28F2N4OS/c1-15(2)31-9-10-32-24-21(27)11-17(12-23(24)31)22-14-33-25(30-22)29-18-3-4-19(20(26)13-18)16-5-7-28-8-6-16/h3-4,11-16,28H,5-10H2,1-2H3,(H,29,30). The highest BCUT2D eigenvalue weighted by atomic mass is 32.1. The van der Waals surface area contributed by atoms with Crippen molar-refractivity contribution in [3.05, 3.63) is 52.9 Å². The molecule has 0 amide bonds. The predicted octanol–water partition coefficient (Wildman–Crippen LogP) is 5.91. The molecule has 8 heteroatoms. The summed E-state index contributed by atoms with van der Waals surface area (Å²) in [4.78, 5) is 6.77. The second kappa shape index (κ2) is 9.27. The number of hydrogen-bond donors (Lipinski definition) is 2. The average Bonchev–Trinajstić information content (AvgIpc) is 3.28. The van der Waals surface area contributed by atoms with Crippen LogP contribution >= 0.6 is 11.3 Å². The van der Waals surface area contributed by atoms with E-state index in [1.165, 1.54) is 23.5 Å². The lowest BCUT2D eigenvalue weighted by Crippen LogP contribution is -2.38. The minimum absolute atomic E-state index is 0.186. The fourth-order valence-electron chi connectivity index (χ4n) is 4.64. The molecule has 0 saturated carbocycles. The molecule has 3 heterocycles. The molecule has 0 atom stereocenters. The summed E-state index contributed by atoms with van der Waals surface area (Å²) in [5.41, 5.74) is 3.55. The van der Waals surface area contributed by atoms with Crippen LogP contribution in [0.2, 0.25) is 0 Å². The van der Waals surface area contributed by atoms with Gasteiger partial charge in [0.15, 0.2) is 16.7 Å². The SMILES string of the molecule is CC(C)N1CCOc2c(F)cc(-c3csc(Nc4ccc(C5CCNCC5)c(F)c4)n3)cc21. The maximum absolute atomic E-state index is 14.8. The van der Waals surface area contributed by atoms with E-state index in [-0.39, 0.29) is 23.6 Å². The van der Waals surface area contributed by atoms with Crippen molar-refractivity contribution in [3.8, 4) is 17.0 Å². The number of halogens is 2. The van der Waals surface area contributed by atoms with Crippen molar-refractivity contribution in [2.75, 3.05) is 36.5 Å². The fraction of sp³-hybridized carbons (Fsp3) is 0.400. The predicted molar refractivity (Wildman–Crippen MR) is 130 cm³/mol. The van der Waals surface area contributed by atoms with Crippen LogP contribution < -0.4 is 20.3 Å². The summed E-state index contributed by atoms with van der Waals surface area (Å²) in [7, 11) is 0. The van der Waals surface area contributed by atoms with Gasteiger partial charge in [-0.3, -0.25) is 0 Å². The molecule has 1 aromatic heterocycles. The number of nitrogens with zero attached hydrogens (tertiary/aromatic N) is 2. The number of anilines is 3. The molecule has 33 heavy (non-hydrogen) atoms. The Labute approximate surface area is 196 Å². The zero-order valence-electron chi connectivity index (χ0n) is 18.8. The quantitative estimate of drug-likeness (QED) is 0.486. The lowest BCUT2D eigenvalue weighted by atomic mass is 9.90. The van der Waals surface area contributed by atoms with Gasteiger partial charge in [-0.05, 0) is 75.5 Å². The number of aromatic nitrogens is 1. The number of benzene rings is 2. The van der Waals surface area contributed by atoms with Crippen molar-refractivity contribution in [2.24, 2.45) is 0 Å². The minimum Gasteiger partial charge on any atom is -0.486 e. The molecule has 0 radical (unpaired) electrons. The molecule has 5 nitrogen and oxygen atoms in total. The molecule has 1 saturated heterocycles. The lowest BCUT2D eigenvalue weighted by molar-refractivity contribution is 0.287. The van der Waals surface area contributed by atoms with E-state index in [9.17, 15) is 8.78 Å². The summed E-state index contributed by atoms with van der Waals surface area (Å²) in [6.45, 7) is 7.21. The highest BCUT2D eigenvalue weighted by Gasteiger charge is 2.25. The van der Waals surface area contributed by atoms with Gasteiger partial charge in [0.05, 0.1) is 17.9 Å². The van der Waals surface area contributed by atoms with Crippen molar-refractivity contribution in [2.45, 2.75) is 38.6 Å². The molecule has 0 unspecified atom stereocenters. The molecular weight excluding hydrogens is 442 g/mol. The maximum Gasteiger partial charge on any atom is 0.187 e. The molecule has 174 valence electrons. The highest BCUT2D eigenvalue weighted by Crippen LogP contribution is 2.40. The minimum atomic E-state index is -0.383. The summed E-state index contributed by atoms with van der Waals surface area (Å²) in [5.74, 6) is -0.00297. The van der Waals surface area contributed by atoms with E-state index in [4.69, 9.17) is 4.74 Å². The molecule has 1 fully saturated rings. The molecule has 0 aliphatic carbocycles. The Bertz CT molecular complexity index is 1140. The summed E-state index contributed by atoms with van der Waals surface area (Å²) in [6.07, 6.45) is 1.91. The van der Waals surface area contributed by atoms with E-state index in [1.807, 2.05) is 23.6 Å². The normalized spacial score (nSPS) is 16.6. The number of piperidine rings is 1. The van der Waals surface area contributed by atoms with Gasteiger partial charge >= 0.3 is 0 Å². The van der Waals surface area contributed by atoms with E-state index >= 15 is 0 Å². The first-order valence-electron chi connectivity index (χ1n) is 11.5. The van der Waals surface area contributed by atoms with Gasteiger partial charge in [-0.15, -0.1) is 11.3 Å². The largest absolute Gasteiger partial charge is 0.486 e. The molecule has 5 rings (SSSR count). The third-order valence-corrected chi connectivity index (χ3v) is 7.12. The Morgan fingerprint density at radius 1 is 1.15 bits per heavy atom. The molecule has 2 aliphatic rings. The topological polar surface area (TPSA) is 49.4 Å². The van der Waals surface area contributed by atoms with Crippen molar-refractivity contribution >= 4 is 27.8 Å². The second-order valence-electron chi connectivity index (χ2n) is 8.87. The smallest absolute Gasteiger partial charge is 0.187 e. The Morgan fingerprint density at radius 2 is 1.97 bits per heavy atom. The van der Waals surface area contributed by atoms with Crippen LogP contribution in [-0.4, -0.2) is 37.3 Å². The van der Waals surface area contributed by atoms with Crippen LogP contribution in [0.4, 0.5) is 25.3 Å². The monoisotopic (exact) mass is 470 g/mol. The van der Waals surface area contributed by atoms with Crippen LogP contribution in [0.5, 0.6) is 5.75 Å². The van der Waals surface area contributed by atoms with Gasteiger partial charge in [0, 0.05) is 22.7 Å². The molecule has 3 aromatic rings. The summed E-state index contributed by atoms with van der Waals surface area (Å²) < 4.78 is 35.2. The first kappa shape index (κ1) is 22.1. The Balaban J connectivity index is 1.36. The van der Waals surface area contributed by atoms with E-state index in [0.717, 1.165) is 43.7 Å². The third kappa shape index (κ3) is 4.54. The fourth-order valence-corrected chi connectivity index (χ4v) is 5.38. The van der Waals surface area contributed by atoms with Gasteiger partial charge < -0.3 is 20.3 Å². The van der Waals surface area contributed by atoms with Gasteiger partial charge in [-0.1, -0.05) is 6.07 Å². The first-order chi connectivity index (χ1) is 16.0. The highest BCUT2D eigenvalue weighted by molar-refractivity contribution is 7.14. The van der Waals surface area contributed by atoms with Crippen molar-refractivity contribution in [3.63, 3.8) is 0 Å². The van der Waals surface area contributed by atoms with E-state index in [2.05, 4.69) is 34.4 Å². The van der Waals surface area contributed by atoms with Gasteiger partial charge in [0.2, 0.25) is 0 Å². The van der Waals surface area contributed by atoms with Gasteiger partial charge in [0.25, 0.3) is 0 Å². The molecular formula is C25H28F2N4OS. The first-order valence-corrected chi connectivity index (χ1v) is 12.3. The molecule has 0 spiro atoms. The Hall–Kier alpha value is -2.71. The zero-order valence-corrected chi connectivity index (χ0v) is 19.6. The van der Waals surface area contributed by atoms with Crippen molar-refractivity contribution < 1.29 is 13.5 Å². The van der Waals surface area contributed by atoms with Crippen molar-refractivity contribution in [1.29, 1.82) is 0 Å². The van der Waals surface area contributed by atoms with Gasteiger partial charge in [-0.2, -0.15) is 0 Å². The van der Waals surface area contributed by atoms with Crippen LogP contribution in [0.1, 0.15) is 38.2 Å². The van der Waals surface area contributed by atoms with Crippen LogP contribution in [0.3, 0.4) is 0 Å². The number of hydrogen-bond acceptors (Lipinski definition) is 6. The Morgan fingerprint density at radius 3 is 2.73 bits per heavy atom. The van der Waals surface area contributed by atoms with Crippen LogP contribution in [-0.2, 0) is 0 Å². The van der Waals surface area contributed by atoms with Crippen molar-refractivity contribution in [1.82, 2.24) is 10.3 Å². The number of rotatable bonds is 5. The second-order valence-corrected chi connectivity index (χ2v) is 9.72. The van der Waals surface area contributed by atoms with Gasteiger partial charge in [-0.25, -0.2) is 13.8 Å². The number of ether oxygens (including phenoxy) is 1. The van der Waals surface area contributed by atoms with E-state index < -0.39 is 0 Å². The van der Waals surface area contributed by atoms with E-state index in [0.29, 0.717) is 34.4 Å². The van der Waals surface area contributed by atoms with Crippen LogP contribution in [0, 0.1) is 11.6 Å². The van der Waals surface area contributed by atoms with Gasteiger partial charge in [0.1, 0.15) is 12.4 Å². The summed E-state index contributed by atoms with van der Waals surface area (Å²) in [6, 6.07) is 8.95. The number of thiazole rings is 1. The summed E-state index contributed by atoms with van der Waals surface area (Å²) >= 11 is 1.41. The molecule has 2 aliphatic heterocycles. The molecule has 0 bridgehead atoms. The number of nitrogens with one attached hydrogen (secondary N) is 2. The van der Waals surface area contributed by atoms with E-state index in [1.54, 1.807) is 0 Å². The average molecular weight is 471 g/mol. The third-order valence-electron chi connectivity index (χ3n) is 6.37. The Kier molecular flexibility index (Phi) is 6.21. The summed E-state index contributed by atoms with van der Waals surface area (Å²) in [5, 5.41) is 9.03. The molecule has 2 aromatic carbocycles. The van der Waals surface area contributed by atoms with Crippen LogP contribution in [0.15, 0.2) is 35.7 Å². The molecule has 2 N–H and O–H groups in total. The lowest BCUT2D eigenvalue weighted by Gasteiger charge is -2.34. The zero-order chi connectivity index (χ0) is 22.9. The van der Waals surface area contributed by atoms with Crippen LogP contribution in [0.25, 0.3) is 11.3 Å².